The van der Waals surface area contributed by atoms with Crippen LogP contribution in [0, 0.1) is 29.6 Å². The first-order chi connectivity index (χ1) is 13.4. The van der Waals surface area contributed by atoms with E-state index >= 15 is 0 Å². The van der Waals surface area contributed by atoms with E-state index in [-0.39, 0.29) is 17.9 Å². The molecule has 8 heteroatoms. The Morgan fingerprint density at radius 2 is 1.96 bits per heavy atom. The standard InChI is InChI=1S/C20H16N6O2/c1-11-15(20(28)26-16-5-3-4-14(8-22)18(11)16)6-17(27)25-12(2)19-23-9-13(7-21)10-24-19/h3-5,9-10,12H,6H2,1-2H3,(H,25,27)(H,26,28)/t12-/m0/s1. The normalized spacial score (nSPS) is 11.4. The highest BCUT2D eigenvalue weighted by atomic mass is 16.2. The van der Waals surface area contributed by atoms with Gasteiger partial charge in [0.15, 0.2) is 0 Å². The van der Waals surface area contributed by atoms with Crippen LogP contribution in [0.15, 0.2) is 35.4 Å². The van der Waals surface area contributed by atoms with E-state index < -0.39 is 6.04 Å². The topological polar surface area (TPSA) is 135 Å². The number of aryl methyl sites for hydroxylation is 1. The van der Waals surface area contributed by atoms with E-state index in [0.29, 0.717) is 39.0 Å². The van der Waals surface area contributed by atoms with E-state index in [1.165, 1.54) is 12.4 Å². The van der Waals surface area contributed by atoms with Crippen molar-refractivity contribution < 1.29 is 4.79 Å². The summed E-state index contributed by atoms with van der Waals surface area (Å²) >= 11 is 0. The smallest absolute Gasteiger partial charge is 0.252 e. The third kappa shape index (κ3) is 3.57. The number of pyridine rings is 1. The predicted octanol–water partition coefficient (Wildman–Crippen LogP) is 1.79. The number of aromatic amines is 1. The second-order valence-corrected chi connectivity index (χ2v) is 6.31. The number of nitrogens with zero attached hydrogens (tertiary/aromatic N) is 4. The molecule has 0 fully saturated rings. The summed E-state index contributed by atoms with van der Waals surface area (Å²) < 4.78 is 0. The zero-order valence-electron chi connectivity index (χ0n) is 15.3. The van der Waals surface area contributed by atoms with E-state index in [0.717, 1.165) is 0 Å². The quantitative estimate of drug-likeness (QED) is 0.717. The van der Waals surface area contributed by atoms with Gasteiger partial charge in [-0.05, 0) is 31.5 Å². The van der Waals surface area contributed by atoms with E-state index in [1.54, 1.807) is 32.0 Å². The van der Waals surface area contributed by atoms with Crippen molar-refractivity contribution in [1.82, 2.24) is 20.3 Å². The van der Waals surface area contributed by atoms with Crippen molar-refractivity contribution >= 4 is 16.8 Å². The Hall–Kier alpha value is -4.04. The number of amides is 1. The van der Waals surface area contributed by atoms with Crippen LogP contribution in [0.3, 0.4) is 0 Å². The first-order valence-corrected chi connectivity index (χ1v) is 8.50. The highest BCUT2D eigenvalue weighted by molar-refractivity contribution is 5.90. The fourth-order valence-electron chi connectivity index (χ4n) is 3.02. The molecule has 0 saturated heterocycles. The van der Waals surface area contributed by atoms with Gasteiger partial charge in [-0.15, -0.1) is 0 Å². The minimum Gasteiger partial charge on any atom is -0.346 e. The summed E-state index contributed by atoms with van der Waals surface area (Å²) in [6.07, 6.45) is 2.62. The SMILES string of the molecule is Cc1c(CC(=O)N[C@@H](C)c2ncc(C#N)cn2)c(=O)[nH]c2cccc(C#N)c12. The minimum absolute atomic E-state index is 0.141. The van der Waals surface area contributed by atoms with Crippen LogP contribution >= 0.6 is 0 Å². The van der Waals surface area contributed by atoms with Crippen molar-refractivity contribution in [1.29, 1.82) is 10.5 Å². The van der Waals surface area contributed by atoms with Crippen molar-refractivity contribution in [2.24, 2.45) is 0 Å². The van der Waals surface area contributed by atoms with Crippen LogP contribution in [0.25, 0.3) is 10.9 Å². The Morgan fingerprint density at radius 3 is 2.61 bits per heavy atom. The van der Waals surface area contributed by atoms with Crippen molar-refractivity contribution in [2.75, 3.05) is 0 Å². The van der Waals surface area contributed by atoms with E-state index in [9.17, 15) is 14.9 Å². The molecule has 0 aliphatic heterocycles. The highest BCUT2D eigenvalue weighted by Gasteiger charge is 2.17. The molecule has 0 aliphatic carbocycles. The first-order valence-electron chi connectivity index (χ1n) is 8.50. The molecular weight excluding hydrogens is 356 g/mol. The Kier molecular flexibility index (Phi) is 5.14. The zero-order chi connectivity index (χ0) is 20.3. The summed E-state index contributed by atoms with van der Waals surface area (Å²) in [4.78, 5) is 35.8. The van der Waals surface area contributed by atoms with Crippen molar-refractivity contribution in [3.8, 4) is 12.1 Å². The summed E-state index contributed by atoms with van der Waals surface area (Å²) in [6, 6.07) is 8.64. The minimum atomic E-state index is -0.491. The lowest BCUT2D eigenvalue weighted by Gasteiger charge is -2.14. The average molecular weight is 372 g/mol. The third-order valence-electron chi connectivity index (χ3n) is 4.44. The van der Waals surface area contributed by atoms with Crippen LogP contribution < -0.4 is 10.9 Å². The number of benzene rings is 1. The molecule has 3 aromatic rings. The molecule has 0 radical (unpaired) electrons. The van der Waals surface area contributed by atoms with Crippen LogP contribution in [0.4, 0.5) is 0 Å². The van der Waals surface area contributed by atoms with Crippen LogP contribution in [0.5, 0.6) is 0 Å². The molecule has 0 bridgehead atoms. The summed E-state index contributed by atoms with van der Waals surface area (Å²) in [6.45, 7) is 3.44. The van der Waals surface area contributed by atoms with Gasteiger partial charge in [-0.3, -0.25) is 9.59 Å². The molecule has 28 heavy (non-hydrogen) atoms. The van der Waals surface area contributed by atoms with Gasteiger partial charge in [-0.2, -0.15) is 10.5 Å². The molecule has 1 atom stereocenters. The average Bonchev–Trinajstić information content (AvgIpc) is 2.70. The monoisotopic (exact) mass is 372 g/mol. The molecule has 0 spiro atoms. The summed E-state index contributed by atoms with van der Waals surface area (Å²) in [5, 5.41) is 21.5. The molecule has 2 N–H and O–H groups in total. The van der Waals surface area contributed by atoms with Crippen LogP contribution in [0.2, 0.25) is 0 Å². The summed E-state index contributed by atoms with van der Waals surface area (Å²) in [5.41, 5.74) is 1.87. The Labute approximate surface area is 160 Å². The lowest BCUT2D eigenvalue weighted by Crippen LogP contribution is -2.31. The number of nitrogens with one attached hydrogen (secondary N) is 2. The van der Waals surface area contributed by atoms with Gasteiger partial charge in [0.25, 0.3) is 5.56 Å². The molecule has 138 valence electrons. The molecule has 2 heterocycles. The van der Waals surface area contributed by atoms with Gasteiger partial charge in [0.2, 0.25) is 5.91 Å². The number of fused-ring (bicyclic) bond motifs is 1. The molecule has 0 unspecified atom stereocenters. The van der Waals surface area contributed by atoms with Crippen molar-refractivity contribution in [2.45, 2.75) is 26.3 Å². The second-order valence-electron chi connectivity index (χ2n) is 6.31. The van der Waals surface area contributed by atoms with Crippen molar-refractivity contribution in [3.05, 3.63) is 69.0 Å². The highest BCUT2D eigenvalue weighted by Crippen LogP contribution is 2.21. The molecular formula is C20H16N6O2. The molecule has 8 nitrogen and oxygen atoms in total. The lowest BCUT2D eigenvalue weighted by molar-refractivity contribution is -0.121. The number of hydrogen-bond acceptors (Lipinski definition) is 6. The molecule has 0 aliphatic rings. The molecule has 2 aromatic heterocycles. The lowest BCUT2D eigenvalue weighted by atomic mass is 9.98. The Bertz CT molecular complexity index is 1200. The van der Waals surface area contributed by atoms with Gasteiger partial charge in [0.1, 0.15) is 11.9 Å². The summed E-state index contributed by atoms with van der Waals surface area (Å²) in [5.74, 6) is -0.00823. The largest absolute Gasteiger partial charge is 0.346 e. The first kappa shape index (κ1) is 18.7. The van der Waals surface area contributed by atoms with Crippen LogP contribution in [-0.4, -0.2) is 20.9 Å². The van der Waals surface area contributed by atoms with E-state index in [4.69, 9.17) is 5.26 Å². The van der Waals surface area contributed by atoms with Gasteiger partial charge < -0.3 is 10.3 Å². The van der Waals surface area contributed by atoms with Crippen LogP contribution in [0.1, 0.15) is 41.0 Å². The Morgan fingerprint density at radius 1 is 1.25 bits per heavy atom. The number of carbonyl (C=O) groups is 1. The number of H-pyrrole nitrogens is 1. The van der Waals surface area contributed by atoms with Crippen molar-refractivity contribution in [3.63, 3.8) is 0 Å². The van der Waals surface area contributed by atoms with Crippen LogP contribution in [-0.2, 0) is 11.2 Å². The summed E-state index contributed by atoms with van der Waals surface area (Å²) in [7, 11) is 0. The number of nitriles is 2. The van der Waals surface area contributed by atoms with E-state index in [1.807, 2.05) is 6.07 Å². The van der Waals surface area contributed by atoms with E-state index in [2.05, 4.69) is 26.3 Å². The van der Waals surface area contributed by atoms with Gasteiger partial charge in [0.05, 0.1) is 29.7 Å². The number of hydrogen-bond donors (Lipinski definition) is 2. The predicted molar refractivity (Wildman–Crippen MR) is 101 cm³/mol. The maximum atomic E-state index is 12.5. The molecule has 3 rings (SSSR count). The fourth-order valence-corrected chi connectivity index (χ4v) is 3.02. The van der Waals surface area contributed by atoms with Gasteiger partial charge in [-0.25, -0.2) is 9.97 Å². The maximum absolute atomic E-state index is 12.5. The van der Waals surface area contributed by atoms with Gasteiger partial charge >= 0.3 is 0 Å². The third-order valence-corrected chi connectivity index (χ3v) is 4.44. The second kappa shape index (κ2) is 7.68. The zero-order valence-corrected chi connectivity index (χ0v) is 15.3. The number of carbonyl (C=O) groups excluding carboxylic acids is 1. The fraction of sp³-hybridized carbons (Fsp3) is 0.200. The van der Waals surface area contributed by atoms with Gasteiger partial charge in [0, 0.05) is 28.9 Å². The number of rotatable bonds is 4. The van der Waals surface area contributed by atoms with Gasteiger partial charge in [-0.1, -0.05) is 6.07 Å². The maximum Gasteiger partial charge on any atom is 0.252 e. The number of aromatic nitrogens is 3. The molecule has 0 saturated carbocycles. The Balaban J connectivity index is 1.86. The molecule has 1 aromatic carbocycles. The molecule has 1 amide bonds.